The van der Waals surface area contributed by atoms with Crippen molar-refractivity contribution in [1.29, 1.82) is 0 Å². The molecule has 1 aromatic heterocycles. The van der Waals surface area contributed by atoms with Crippen molar-refractivity contribution in [2.45, 2.75) is 63.5 Å². The molecule has 0 spiro atoms. The maximum absolute atomic E-state index is 13.6. The summed E-state index contributed by atoms with van der Waals surface area (Å²) >= 11 is 0. The molecule has 0 saturated heterocycles. The third kappa shape index (κ3) is 4.88. The SMILES string of the molecule is C#C[C@@](C)(CC)NC(=O)c1cc(F)cnc1NC1CCC(F)(F)CC1. The van der Waals surface area contributed by atoms with Crippen molar-refractivity contribution < 1.29 is 18.0 Å². The van der Waals surface area contributed by atoms with Crippen molar-refractivity contribution in [3.63, 3.8) is 0 Å². The average Bonchev–Trinajstić information content (AvgIpc) is 2.58. The number of rotatable bonds is 5. The van der Waals surface area contributed by atoms with E-state index in [1.54, 1.807) is 6.92 Å². The van der Waals surface area contributed by atoms with Gasteiger partial charge in [-0.1, -0.05) is 12.8 Å². The molecule has 0 aromatic carbocycles. The van der Waals surface area contributed by atoms with Gasteiger partial charge in [0.15, 0.2) is 0 Å². The zero-order valence-electron chi connectivity index (χ0n) is 14.3. The van der Waals surface area contributed by atoms with Crippen LogP contribution in [0.4, 0.5) is 19.0 Å². The second kappa shape index (κ2) is 7.34. The Balaban J connectivity index is 2.17. The highest BCUT2D eigenvalue weighted by atomic mass is 19.3. The van der Waals surface area contributed by atoms with Crippen molar-refractivity contribution in [2.75, 3.05) is 5.32 Å². The summed E-state index contributed by atoms with van der Waals surface area (Å²) in [5.74, 6) is -1.19. The summed E-state index contributed by atoms with van der Waals surface area (Å²) in [6, 6.07) is 0.823. The summed E-state index contributed by atoms with van der Waals surface area (Å²) in [5, 5.41) is 5.68. The molecule has 0 unspecified atom stereocenters. The van der Waals surface area contributed by atoms with E-state index in [1.165, 1.54) is 0 Å². The normalized spacial score (nSPS) is 19.5. The number of pyridine rings is 1. The van der Waals surface area contributed by atoms with Crippen LogP contribution < -0.4 is 10.6 Å². The molecule has 1 aliphatic rings. The lowest BCUT2D eigenvalue weighted by molar-refractivity contribution is -0.0361. The van der Waals surface area contributed by atoms with Gasteiger partial charge in [-0.2, -0.15) is 0 Å². The molecule has 1 atom stereocenters. The number of hydrogen-bond donors (Lipinski definition) is 2. The molecular weight excluding hydrogens is 331 g/mol. The summed E-state index contributed by atoms with van der Waals surface area (Å²) in [4.78, 5) is 16.4. The molecule has 1 aliphatic carbocycles. The van der Waals surface area contributed by atoms with Crippen molar-refractivity contribution in [2.24, 2.45) is 0 Å². The van der Waals surface area contributed by atoms with Crippen LogP contribution >= 0.6 is 0 Å². The third-order valence-electron chi connectivity index (χ3n) is 4.57. The van der Waals surface area contributed by atoms with E-state index in [1.807, 2.05) is 6.92 Å². The van der Waals surface area contributed by atoms with E-state index in [0.717, 1.165) is 12.3 Å². The molecule has 0 radical (unpaired) electrons. The van der Waals surface area contributed by atoms with Gasteiger partial charge < -0.3 is 10.6 Å². The number of carbonyl (C=O) groups excluding carboxylic acids is 1. The van der Waals surface area contributed by atoms with Gasteiger partial charge >= 0.3 is 0 Å². The molecular formula is C18H22F3N3O. The van der Waals surface area contributed by atoms with Gasteiger partial charge in [0.05, 0.1) is 17.3 Å². The largest absolute Gasteiger partial charge is 0.367 e. The van der Waals surface area contributed by atoms with Crippen LogP contribution in [0.1, 0.15) is 56.3 Å². The number of terminal acetylenes is 1. The second-order valence-corrected chi connectivity index (χ2v) is 6.61. The maximum Gasteiger partial charge on any atom is 0.256 e. The van der Waals surface area contributed by atoms with Gasteiger partial charge in [-0.3, -0.25) is 4.79 Å². The zero-order valence-corrected chi connectivity index (χ0v) is 14.3. The molecule has 1 amide bonds. The zero-order chi connectivity index (χ0) is 18.7. The number of amides is 1. The first-order valence-electron chi connectivity index (χ1n) is 8.28. The maximum atomic E-state index is 13.6. The van der Waals surface area contributed by atoms with E-state index in [2.05, 4.69) is 21.5 Å². The number of halogens is 3. The van der Waals surface area contributed by atoms with Crippen LogP contribution in [0.15, 0.2) is 12.3 Å². The molecule has 7 heteroatoms. The van der Waals surface area contributed by atoms with Gasteiger partial charge in [-0.15, -0.1) is 6.42 Å². The van der Waals surface area contributed by atoms with Gasteiger partial charge in [0.2, 0.25) is 5.92 Å². The number of aromatic nitrogens is 1. The first kappa shape index (κ1) is 19.1. The topological polar surface area (TPSA) is 54.0 Å². The summed E-state index contributed by atoms with van der Waals surface area (Å²) in [5.41, 5.74) is -0.861. The predicted molar refractivity (Wildman–Crippen MR) is 90.0 cm³/mol. The van der Waals surface area contributed by atoms with E-state index in [0.29, 0.717) is 6.42 Å². The summed E-state index contributed by atoms with van der Waals surface area (Å²) in [6.07, 6.45) is 6.99. The number of carbonyl (C=O) groups is 1. The van der Waals surface area contributed by atoms with Crippen molar-refractivity contribution in [1.82, 2.24) is 10.3 Å². The first-order chi connectivity index (χ1) is 11.7. The highest BCUT2D eigenvalue weighted by Gasteiger charge is 2.35. The van der Waals surface area contributed by atoms with Crippen LogP contribution in [-0.2, 0) is 0 Å². The minimum Gasteiger partial charge on any atom is -0.367 e. The molecule has 0 bridgehead atoms. The summed E-state index contributed by atoms with van der Waals surface area (Å²) < 4.78 is 40.1. The summed E-state index contributed by atoms with van der Waals surface area (Å²) in [6.45, 7) is 3.51. The van der Waals surface area contributed by atoms with Gasteiger partial charge in [0.1, 0.15) is 11.6 Å². The highest BCUT2D eigenvalue weighted by molar-refractivity contribution is 5.99. The van der Waals surface area contributed by atoms with Gasteiger partial charge in [0.25, 0.3) is 5.91 Å². The molecule has 2 rings (SSSR count). The quantitative estimate of drug-likeness (QED) is 0.793. The van der Waals surface area contributed by atoms with E-state index < -0.39 is 23.2 Å². The van der Waals surface area contributed by atoms with E-state index in [4.69, 9.17) is 6.42 Å². The van der Waals surface area contributed by atoms with Crippen LogP contribution in [-0.4, -0.2) is 28.4 Å². The average molecular weight is 353 g/mol. The molecule has 0 aliphatic heterocycles. The molecule has 1 saturated carbocycles. The smallest absolute Gasteiger partial charge is 0.256 e. The van der Waals surface area contributed by atoms with Gasteiger partial charge in [0, 0.05) is 18.9 Å². The lowest BCUT2D eigenvalue weighted by Gasteiger charge is -2.30. The molecule has 1 fully saturated rings. The standard InChI is InChI=1S/C18H22F3N3O/c1-4-17(3,5-2)24-16(25)14-10-12(19)11-22-15(14)23-13-6-8-18(20,21)9-7-13/h1,10-11,13H,5-9H2,2-3H3,(H,22,23)(H,24,25)/t17-/m0/s1. The fraction of sp³-hybridized carbons (Fsp3) is 0.556. The van der Waals surface area contributed by atoms with Gasteiger partial charge in [-0.25, -0.2) is 18.2 Å². The second-order valence-electron chi connectivity index (χ2n) is 6.61. The Kier molecular flexibility index (Phi) is 5.61. The number of alkyl halides is 2. The molecule has 2 N–H and O–H groups in total. The number of nitrogens with one attached hydrogen (secondary N) is 2. The van der Waals surface area contributed by atoms with Crippen molar-refractivity contribution in [3.05, 3.63) is 23.6 Å². The van der Waals surface area contributed by atoms with E-state index >= 15 is 0 Å². The number of anilines is 1. The molecule has 25 heavy (non-hydrogen) atoms. The number of hydrogen-bond acceptors (Lipinski definition) is 3. The number of nitrogens with zero attached hydrogens (tertiary/aromatic N) is 1. The Morgan fingerprint density at radius 2 is 2.12 bits per heavy atom. The van der Waals surface area contributed by atoms with Crippen molar-refractivity contribution in [3.8, 4) is 12.3 Å². The lowest BCUT2D eigenvalue weighted by atomic mass is 9.92. The Morgan fingerprint density at radius 3 is 2.68 bits per heavy atom. The van der Waals surface area contributed by atoms with E-state index in [-0.39, 0.29) is 43.1 Å². The predicted octanol–water partition coefficient (Wildman–Crippen LogP) is 3.74. The summed E-state index contributed by atoms with van der Waals surface area (Å²) in [7, 11) is 0. The molecule has 4 nitrogen and oxygen atoms in total. The molecule has 136 valence electrons. The minimum atomic E-state index is -2.65. The van der Waals surface area contributed by atoms with Crippen LogP contribution in [0.2, 0.25) is 0 Å². The molecule has 1 heterocycles. The minimum absolute atomic E-state index is 0.00672. The third-order valence-corrected chi connectivity index (χ3v) is 4.57. The Labute approximate surface area is 145 Å². The van der Waals surface area contributed by atoms with Crippen molar-refractivity contribution >= 4 is 11.7 Å². The van der Waals surface area contributed by atoms with Crippen LogP contribution in [0, 0.1) is 18.2 Å². The Bertz CT molecular complexity index is 677. The first-order valence-corrected chi connectivity index (χ1v) is 8.28. The van der Waals surface area contributed by atoms with Gasteiger partial charge in [-0.05, 0) is 32.3 Å². The Hall–Kier alpha value is -2.23. The lowest BCUT2D eigenvalue weighted by Crippen LogP contribution is -2.44. The molecule has 1 aromatic rings. The van der Waals surface area contributed by atoms with Crippen LogP contribution in [0.5, 0.6) is 0 Å². The fourth-order valence-electron chi connectivity index (χ4n) is 2.65. The monoisotopic (exact) mass is 353 g/mol. The highest BCUT2D eigenvalue weighted by Crippen LogP contribution is 2.34. The van der Waals surface area contributed by atoms with E-state index in [9.17, 15) is 18.0 Å². The Morgan fingerprint density at radius 1 is 1.48 bits per heavy atom. The fourth-order valence-corrected chi connectivity index (χ4v) is 2.65. The van der Waals surface area contributed by atoms with Crippen LogP contribution in [0.3, 0.4) is 0 Å². The van der Waals surface area contributed by atoms with Crippen LogP contribution in [0.25, 0.3) is 0 Å².